The van der Waals surface area contributed by atoms with Crippen molar-refractivity contribution in [3.8, 4) is 0 Å². The second kappa shape index (κ2) is 5.35. The van der Waals surface area contributed by atoms with Crippen molar-refractivity contribution in [1.82, 2.24) is 0 Å². The van der Waals surface area contributed by atoms with Gasteiger partial charge in [-0.25, -0.2) is 0 Å². The van der Waals surface area contributed by atoms with Gasteiger partial charge in [0.25, 0.3) is 0 Å². The summed E-state index contributed by atoms with van der Waals surface area (Å²) in [4.78, 5) is 10.5. The molecule has 0 aliphatic heterocycles. The molecule has 0 saturated carbocycles. The van der Waals surface area contributed by atoms with Gasteiger partial charge in [-0.2, -0.15) is 0 Å². The van der Waals surface area contributed by atoms with Crippen LogP contribution in [0.5, 0.6) is 0 Å². The Hall–Kier alpha value is -0.320. The van der Waals surface area contributed by atoms with Crippen LogP contribution in [0.25, 0.3) is 0 Å². The van der Waals surface area contributed by atoms with Crippen LogP contribution in [0.2, 0.25) is 0 Å². The first-order chi connectivity index (χ1) is 5.09. The van der Waals surface area contributed by atoms with Crippen molar-refractivity contribution >= 4 is 17.5 Å². The number of hydrogen-bond acceptors (Lipinski definition) is 4. The van der Waals surface area contributed by atoms with Crippen LogP contribution in [-0.2, 0) is 4.79 Å². The van der Waals surface area contributed by atoms with Gasteiger partial charge in [-0.3, -0.25) is 4.79 Å². The summed E-state index contributed by atoms with van der Waals surface area (Å²) < 4.78 is 0. The van der Waals surface area contributed by atoms with Gasteiger partial charge in [0.15, 0.2) is 5.78 Å². The van der Waals surface area contributed by atoms with E-state index < -0.39 is 18.0 Å². The highest BCUT2D eigenvalue weighted by atomic mass is 32.2. The molecule has 4 heteroatoms. The molecule has 0 aliphatic carbocycles. The number of ketones is 1. The Balaban J connectivity index is 3.91. The second-order valence-corrected chi connectivity index (χ2v) is 2.85. The van der Waals surface area contributed by atoms with Crippen molar-refractivity contribution in [3.63, 3.8) is 0 Å². The predicted molar refractivity (Wildman–Crippen MR) is 45.3 cm³/mol. The summed E-state index contributed by atoms with van der Waals surface area (Å²) in [5, 5.41) is 19.6. The largest absolute Gasteiger partial charge is 0.386 e. The molecular weight excluding hydrogens is 164 g/mol. The highest BCUT2D eigenvalue weighted by Crippen LogP contribution is 2.01. The van der Waals surface area contributed by atoms with Crippen LogP contribution in [0.4, 0.5) is 0 Å². The normalized spacial score (nSPS) is 16.7. The Morgan fingerprint density at radius 1 is 1.55 bits per heavy atom. The molecule has 0 spiro atoms. The van der Waals surface area contributed by atoms with E-state index in [0.717, 1.165) is 0 Å². The van der Waals surface area contributed by atoms with E-state index in [4.69, 9.17) is 10.2 Å². The molecule has 64 valence electrons. The number of thioether (sulfide) groups is 1. The van der Waals surface area contributed by atoms with Gasteiger partial charge in [0.2, 0.25) is 0 Å². The predicted octanol–water partition coefficient (Wildman–Crippen LogP) is 0.174. The van der Waals surface area contributed by atoms with E-state index >= 15 is 0 Å². The number of carbonyl (C=O) groups is 1. The minimum Gasteiger partial charge on any atom is -0.386 e. The average molecular weight is 176 g/mol. The summed E-state index contributed by atoms with van der Waals surface area (Å²) in [6.07, 6.45) is 0.832. The summed E-state index contributed by atoms with van der Waals surface area (Å²) in [6, 6.07) is 0. The zero-order valence-electron chi connectivity index (χ0n) is 6.52. The fraction of sp³-hybridized carbons (Fsp3) is 0.571. The standard InChI is InChI=1S/C7H12O3S/c1-5(8)7(10)6(9)3-4-11-2/h3-4,6-7,9-10H,1-2H3. The maximum absolute atomic E-state index is 10.5. The molecule has 3 nitrogen and oxygen atoms in total. The van der Waals surface area contributed by atoms with E-state index in [9.17, 15) is 4.79 Å². The van der Waals surface area contributed by atoms with Crippen molar-refractivity contribution in [1.29, 1.82) is 0 Å². The van der Waals surface area contributed by atoms with Crippen LogP contribution in [0.1, 0.15) is 6.92 Å². The van der Waals surface area contributed by atoms with Crippen molar-refractivity contribution < 1.29 is 15.0 Å². The summed E-state index contributed by atoms with van der Waals surface area (Å²) >= 11 is 1.40. The highest BCUT2D eigenvalue weighted by molar-refractivity contribution is 8.01. The van der Waals surface area contributed by atoms with Gasteiger partial charge in [-0.1, -0.05) is 0 Å². The number of aliphatic hydroxyl groups excluding tert-OH is 2. The first kappa shape index (κ1) is 10.7. The van der Waals surface area contributed by atoms with Gasteiger partial charge in [0.05, 0.1) is 0 Å². The summed E-state index contributed by atoms with van der Waals surface area (Å²) in [5.41, 5.74) is 0. The van der Waals surface area contributed by atoms with Crippen molar-refractivity contribution in [2.24, 2.45) is 0 Å². The zero-order chi connectivity index (χ0) is 8.85. The molecule has 0 aromatic carbocycles. The number of aliphatic hydroxyl groups is 2. The van der Waals surface area contributed by atoms with Gasteiger partial charge < -0.3 is 10.2 Å². The molecule has 0 amide bonds. The monoisotopic (exact) mass is 176 g/mol. The minimum absolute atomic E-state index is 0.428. The number of carbonyl (C=O) groups excluding carboxylic acids is 1. The van der Waals surface area contributed by atoms with Gasteiger partial charge in [0.1, 0.15) is 12.2 Å². The lowest BCUT2D eigenvalue weighted by atomic mass is 10.1. The van der Waals surface area contributed by atoms with Crippen LogP contribution < -0.4 is 0 Å². The Bertz CT molecular complexity index is 156. The van der Waals surface area contributed by atoms with E-state index in [1.807, 2.05) is 6.26 Å². The lowest BCUT2D eigenvalue weighted by Gasteiger charge is -2.09. The zero-order valence-corrected chi connectivity index (χ0v) is 7.34. The first-order valence-corrected chi connectivity index (χ1v) is 4.44. The first-order valence-electron chi connectivity index (χ1n) is 3.15. The molecule has 0 rings (SSSR count). The molecule has 0 aromatic rings. The maximum atomic E-state index is 10.5. The van der Waals surface area contributed by atoms with Crippen LogP contribution in [-0.4, -0.2) is 34.5 Å². The molecule has 0 bridgehead atoms. The van der Waals surface area contributed by atoms with E-state index in [1.54, 1.807) is 5.41 Å². The third-order valence-corrected chi connectivity index (χ3v) is 1.58. The van der Waals surface area contributed by atoms with Gasteiger partial charge >= 0.3 is 0 Å². The fourth-order valence-electron chi connectivity index (χ4n) is 0.505. The second-order valence-electron chi connectivity index (χ2n) is 2.11. The highest BCUT2D eigenvalue weighted by Gasteiger charge is 2.17. The van der Waals surface area contributed by atoms with E-state index in [1.165, 1.54) is 24.8 Å². The minimum atomic E-state index is -1.29. The van der Waals surface area contributed by atoms with Crippen molar-refractivity contribution in [3.05, 3.63) is 11.5 Å². The molecule has 0 saturated heterocycles. The average Bonchev–Trinajstić information content (AvgIpc) is 1.98. The molecule has 0 fully saturated rings. The molecule has 0 aromatic heterocycles. The summed E-state index contributed by atoms with van der Waals surface area (Å²) in [7, 11) is 0. The van der Waals surface area contributed by atoms with Crippen LogP contribution >= 0.6 is 11.8 Å². The van der Waals surface area contributed by atoms with Gasteiger partial charge in [0, 0.05) is 0 Å². The Labute approximate surface area is 70.1 Å². The van der Waals surface area contributed by atoms with Crippen LogP contribution in [0.15, 0.2) is 11.5 Å². The van der Waals surface area contributed by atoms with E-state index in [2.05, 4.69) is 0 Å². The van der Waals surface area contributed by atoms with E-state index in [0.29, 0.717) is 0 Å². The smallest absolute Gasteiger partial charge is 0.161 e. The molecule has 2 unspecified atom stereocenters. The third-order valence-electron chi connectivity index (χ3n) is 1.15. The maximum Gasteiger partial charge on any atom is 0.161 e. The summed E-state index contributed by atoms with van der Waals surface area (Å²) in [5.74, 6) is -0.428. The number of Topliss-reactive ketones (excluding diaryl/α,β-unsaturated/α-hetero) is 1. The fourth-order valence-corrected chi connectivity index (χ4v) is 0.823. The molecule has 0 aliphatic rings. The lowest BCUT2D eigenvalue weighted by Crippen LogP contribution is -2.30. The van der Waals surface area contributed by atoms with Gasteiger partial charge in [-0.05, 0) is 24.7 Å². The Morgan fingerprint density at radius 3 is 2.45 bits per heavy atom. The molecule has 0 radical (unpaired) electrons. The van der Waals surface area contributed by atoms with Crippen molar-refractivity contribution in [2.45, 2.75) is 19.1 Å². The lowest BCUT2D eigenvalue weighted by molar-refractivity contribution is -0.128. The molecular formula is C7H12O3S. The Morgan fingerprint density at radius 2 is 2.09 bits per heavy atom. The SMILES string of the molecule is CSC=CC(O)C(O)C(C)=O. The van der Waals surface area contributed by atoms with Crippen LogP contribution in [0.3, 0.4) is 0 Å². The number of rotatable bonds is 4. The quantitative estimate of drug-likeness (QED) is 0.641. The molecule has 0 heterocycles. The topological polar surface area (TPSA) is 57.5 Å². The molecule has 11 heavy (non-hydrogen) atoms. The van der Waals surface area contributed by atoms with Gasteiger partial charge in [-0.15, -0.1) is 11.8 Å². The molecule has 2 atom stereocenters. The third kappa shape index (κ3) is 4.19. The van der Waals surface area contributed by atoms with Crippen molar-refractivity contribution in [2.75, 3.05) is 6.26 Å². The Kier molecular flexibility index (Phi) is 5.19. The summed E-state index contributed by atoms with van der Waals surface area (Å²) in [6.45, 7) is 1.24. The van der Waals surface area contributed by atoms with Crippen LogP contribution in [0, 0.1) is 0 Å². The van der Waals surface area contributed by atoms with E-state index in [-0.39, 0.29) is 0 Å². The molecule has 2 N–H and O–H groups in total. The number of hydrogen-bond donors (Lipinski definition) is 2.